The molecule has 0 spiro atoms. The van der Waals surface area contributed by atoms with Crippen LogP contribution in [-0.4, -0.2) is 40.4 Å². The number of hydrogen-bond donors (Lipinski definition) is 0. The van der Waals surface area contributed by atoms with Gasteiger partial charge in [-0.15, -0.1) is 11.3 Å². The molecule has 4 heterocycles. The normalized spacial score (nSPS) is 18.0. The molecule has 6 heteroatoms. The molecular weight excluding hydrogens is 332 g/mol. The Morgan fingerprint density at radius 1 is 1.28 bits per heavy atom. The Bertz CT molecular complexity index is 789. The minimum Gasteiger partial charge on any atom is -0.355 e. The molecule has 0 atom stereocenters. The van der Waals surface area contributed by atoms with Gasteiger partial charge in [0.1, 0.15) is 11.6 Å². The molecule has 0 N–H and O–H groups in total. The summed E-state index contributed by atoms with van der Waals surface area (Å²) in [6.45, 7) is 9.48. The predicted octanol–water partition coefficient (Wildman–Crippen LogP) is 2.86. The Kier molecular flexibility index (Phi) is 4.02. The van der Waals surface area contributed by atoms with Gasteiger partial charge >= 0.3 is 0 Å². The SMILES string of the molecule is CC(C)(C)c1nccc(N2CC(C(=O)N3CCc4sccc4C3)C2)n1. The highest BCUT2D eigenvalue weighted by molar-refractivity contribution is 7.10. The summed E-state index contributed by atoms with van der Waals surface area (Å²) >= 11 is 1.81. The lowest BCUT2D eigenvalue weighted by molar-refractivity contribution is -0.137. The van der Waals surface area contributed by atoms with Crippen LogP contribution in [-0.2, 0) is 23.2 Å². The third kappa shape index (κ3) is 3.15. The molecule has 0 radical (unpaired) electrons. The minimum atomic E-state index is -0.0673. The molecule has 2 aliphatic rings. The molecule has 2 aliphatic heterocycles. The Labute approximate surface area is 152 Å². The first-order valence-corrected chi connectivity index (χ1v) is 9.72. The van der Waals surface area contributed by atoms with E-state index in [4.69, 9.17) is 0 Å². The predicted molar refractivity (Wildman–Crippen MR) is 99.9 cm³/mol. The second-order valence-corrected chi connectivity index (χ2v) is 8.97. The number of carbonyl (C=O) groups excluding carboxylic acids is 1. The van der Waals surface area contributed by atoms with Crippen molar-refractivity contribution in [1.29, 1.82) is 0 Å². The molecule has 2 aromatic heterocycles. The van der Waals surface area contributed by atoms with Crippen LogP contribution in [0.15, 0.2) is 23.7 Å². The second kappa shape index (κ2) is 6.09. The summed E-state index contributed by atoms with van der Waals surface area (Å²) < 4.78 is 0. The number of amides is 1. The molecule has 0 bridgehead atoms. The smallest absolute Gasteiger partial charge is 0.229 e. The summed E-state index contributed by atoms with van der Waals surface area (Å²) in [5, 5.41) is 2.13. The summed E-state index contributed by atoms with van der Waals surface area (Å²) in [5.41, 5.74) is 1.26. The van der Waals surface area contributed by atoms with Gasteiger partial charge in [-0.05, 0) is 29.5 Å². The Hall–Kier alpha value is -1.95. The van der Waals surface area contributed by atoms with Crippen molar-refractivity contribution in [3.8, 4) is 0 Å². The van der Waals surface area contributed by atoms with Crippen molar-refractivity contribution in [2.24, 2.45) is 5.92 Å². The van der Waals surface area contributed by atoms with Crippen LogP contribution < -0.4 is 4.90 Å². The van der Waals surface area contributed by atoms with Crippen molar-refractivity contribution < 1.29 is 4.79 Å². The fourth-order valence-electron chi connectivity index (χ4n) is 3.40. The lowest BCUT2D eigenvalue weighted by Gasteiger charge is -2.42. The average Bonchev–Trinajstić information content (AvgIpc) is 3.00. The van der Waals surface area contributed by atoms with Gasteiger partial charge in [0.15, 0.2) is 0 Å². The van der Waals surface area contributed by atoms with E-state index in [-0.39, 0.29) is 11.3 Å². The maximum absolute atomic E-state index is 12.8. The fraction of sp³-hybridized carbons (Fsp3) is 0.526. The first kappa shape index (κ1) is 16.5. The van der Waals surface area contributed by atoms with E-state index in [2.05, 4.69) is 47.1 Å². The summed E-state index contributed by atoms with van der Waals surface area (Å²) in [6.07, 6.45) is 2.82. The molecule has 25 heavy (non-hydrogen) atoms. The second-order valence-electron chi connectivity index (χ2n) is 7.97. The van der Waals surface area contributed by atoms with Gasteiger partial charge in [-0.2, -0.15) is 0 Å². The van der Waals surface area contributed by atoms with E-state index in [1.807, 2.05) is 28.5 Å². The van der Waals surface area contributed by atoms with E-state index in [0.29, 0.717) is 5.91 Å². The Balaban J connectivity index is 1.38. The molecule has 1 fully saturated rings. The van der Waals surface area contributed by atoms with Crippen LogP contribution in [0.1, 0.15) is 37.0 Å². The van der Waals surface area contributed by atoms with Crippen molar-refractivity contribution in [3.05, 3.63) is 40.0 Å². The molecule has 1 amide bonds. The van der Waals surface area contributed by atoms with E-state index < -0.39 is 0 Å². The molecule has 132 valence electrons. The zero-order chi connectivity index (χ0) is 17.6. The van der Waals surface area contributed by atoms with Gasteiger partial charge in [0.25, 0.3) is 0 Å². The van der Waals surface area contributed by atoms with Crippen LogP contribution in [0.2, 0.25) is 0 Å². The average molecular weight is 356 g/mol. The maximum atomic E-state index is 12.8. The summed E-state index contributed by atoms with van der Waals surface area (Å²) in [7, 11) is 0. The van der Waals surface area contributed by atoms with E-state index in [9.17, 15) is 4.79 Å². The third-order valence-electron chi connectivity index (χ3n) is 4.99. The number of hydrogen-bond acceptors (Lipinski definition) is 5. The lowest BCUT2D eigenvalue weighted by atomic mass is 9.95. The van der Waals surface area contributed by atoms with Gasteiger partial charge in [-0.1, -0.05) is 20.8 Å². The number of thiophene rings is 1. The highest BCUT2D eigenvalue weighted by Crippen LogP contribution is 2.29. The van der Waals surface area contributed by atoms with Crippen LogP contribution in [0.4, 0.5) is 5.82 Å². The van der Waals surface area contributed by atoms with Gasteiger partial charge in [0.05, 0.1) is 5.92 Å². The zero-order valence-electron chi connectivity index (χ0n) is 15.0. The number of carbonyl (C=O) groups is 1. The third-order valence-corrected chi connectivity index (χ3v) is 6.01. The number of fused-ring (bicyclic) bond motifs is 1. The fourth-order valence-corrected chi connectivity index (χ4v) is 4.29. The number of rotatable bonds is 2. The molecule has 0 aromatic carbocycles. The topological polar surface area (TPSA) is 49.3 Å². The minimum absolute atomic E-state index is 0.0673. The maximum Gasteiger partial charge on any atom is 0.229 e. The quantitative estimate of drug-likeness (QED) is 0.830. The van der Waals surface area contributed by atoms with E-state index in [0.717, 1.165) is 44.2 Å². The van der Waals surface area contributed by atoms with Crippen molar-refractivity contribution in [3.63, 3.8) is 0 Å². The number of anilines is 1. The zero-order valence-corrected chi connectivity index (χ0v) is 15.8. The van der Waals surface area contributed by atoms with Crippen molar-refractivity contribution >= 4 is 23.1 Å². The molecule has 0 unspecified atom stereocenters. The molecule has 0 saturated carbocycles. The van der Waals surface area contributed by atoms with E-state index >= 15 is 0 Å². The largest absolute Gasteiger partial charge is 0.355 e. The summed E-state index contributed by atoms with van der Waals surface area (Å²) in [5.74, 6) is 2.16. The van der Waals surface area contributed by atoms with Gasteiger partial charge in [-0.25, -0.2) is 9.97 Å². The van der Waals surface area contributed by atoms with Crippen LogP contribution in [0, 0.1) is 5.92 Å². The molecule has 0 aliphatic carbocycles. The lowest BCUT2D eigenvalue weighted by Crippen LogP contribution is -2.55. The van der Waals surface area contributed by atoms with Crippen molar-refractivity contribution in [2.45, 2.75) is 39.2 Å². The first-order valence-electron chi connectivity index (χ1n) is 8.84. The highest BCUT2D eigenvalue weighted by atomic mass is 32.1. The highest BCUT2D eigenvalue weighted by Gasteiger charge is 2.37. The standard InChI is InChI=1S/C19H24N4OS/c1-19(2,3)18-20-7-4-16(21-18)23-11-14(12-23)17(24)22-8-5-15-13(10-22)6-9-25-15/h4,6-7,9,14H,5,8,10-12H2,1-3H3. The van der Waals surface area contributed by atoms with Gasteiger partial charge in [0.2, 0.25) is 5.91 Å². The van der Waals surface area contributed by atoms with Crippen molar-refractivity contribution in [2.75, 3.05) is 24.5 Å². The van der Waals surface area contributed by atoms with Crippen LogP contribution in [0.5, 0.6) is 0 Å². The molecule has 5 nitrogen and oxygen atoms in total. The van der Waals surface area contributed by atoms with Crippen LogP contribution >= 0.6 is 11.3 Å². The molecule has 1 saturated heterocycles. The Morgan fingerprint density at radius 3 is 2.84 bits per heavy atom. The molecule has 2 aromatic rings. The summed E-state index contributed by atoms with van der Waals surface area (Å²) in [4.78, 5) is 27.5. The molecule has 4 rings (SSSR count). The van der Waals surface area contributed by atoms with Gasteiger partial charge < -0.3 is 9.80 Å². The molecular formula is C19H24N4OS. The van der Waals surface area contributed by atoms with Crippen LogP contribution in [0.3, 0.4) is 0 Å². The van der Waals surface area contributed by atoms with Crippen molar-refractivity contribution in [1.82, 2.24) is 14.9 Å². The number of nitrogens with zero attached hydrogens (tertiary/aromatic N) is 4. The Morgan fingerprint density at radius 2 is 2.08 bits per heavy atom. The van der Waals surface area contributed by atoms with Crippen LogP contribution in [0.25, 0.3) is 0 Å². The van der Waals surface area contributed by atoms with E-state index in [1.54, 1.807) is 0 Å². The monoisotopic (exact) mass is 356 g/mol. The summed E-state index contributed by atoms with van der Waals surface area (Å²) in [6, 6.07) is 4.09. The van der Waals surface area contributed by atoms with E-state index in [1.165, 1.54) is 10.4 Å². The first-order chi connectivity index (χ1) is 11.9. The van der Waals surface area contributed by atoms with Gasteiger partial charge in [0, 0.05) is 42.7 Å². The van der Waals surface area contributed by atoms with Gasteiger partial charge in [-0.3, -0.25) is 4.79 Å². The number of aromatic nitrogens is 2.